The molecule has 70 valence electrons. The summed E-state index contributed by atoms with van der Waals surface area (Å²) in [6.07, 6.45) is 0.896. The van der Waals surface area contributed by atoms with Gasteiger partial charge in [0.15, 0.2) is 0 Å². The maximum absolute atomic E-state index is 9.41. The van der Waals surface area contributed by atoms with Crippen molar-refractivity contribution in [3.8, 4) is 5.75 Å². The second-order valence-electron chi connectivity index (χ2n) is 3.39. The Morgan fingerprint density at radius 1 is 1.54 bits per heavy atom. The van der Waals surface area contributed by atoms with E-state index in [0.29, 0.717) is 11.1 Å². The van der Waals surface area contributed by atoms with E-state index in [2.05, 4.69) is 12.2 Å². The summed E-state index contributed by atoms with van der Waals surface area (Å²) in [4.78, 5) is 0. The summed E-state index contributed by atoms with van der Waals surface area (Å²) < 4.78 is 0. The molecule has 13 heavy (non-hydrogen) atoms. The van der Waals surface area contributed by atoms with E-state index in [0.717, 1.165) is 18.5 Å². The van der Waals surface area contributed by atoms with Gasteiger partial charge in [0.25, 0.3) is 0 Å². The number of hydrogen-bond donors (Lipinski definition) is 2. The molecule has 1 aliphatic heterocycles. The molecule has 1 aromatic carbocycles. The van der Waals surface area contributed by atoms with Gasteiger partial charge in [-0.3, -0.25) is 0 Å². The van der Waals surface area contributed by atoms with Crippen LogP contribution in [0.5, 0.6) is 5.75 Å². The van der Waals surface area contributed by atoms with Crippen molar-refractivity contribution in [2.24, 2.45) is 0 Å². The van der Waals surface area contributed by atoms with Crippen molar-refractivity contribution in [1.29, 1.82) is 0 Å². The van der Waals surface area contributed by atoms with Crippen molar-refractivity contribution in [2.75, 3.05) is 6.54 Å². The van der Waals surface area contributed by atoms with Crippen molar-refractivity contribution in [2.45, 2.75) is 19.4 Å². The highest BCUT2D eigenvalue weighted by Gasteiger charge is 2.19. The molecule has 0 saturated heterocycles. The first-order valence-electron chi connectivity index (χ1n) is 4.44. The Morgan fingerprint density at radius 2 is 2.31 bits per heavy atom. The van der Waals surface area contributed by atoms with Crippen LogP contribution in [-0.2, 0) is 6.42 Å². The van der Waals surface area contributed by atoms with Crippen LogP contribution in [0.15, 0.2) is 12.1 Å². The summed E-state index contributed by atoms with van der Waals surface area (Å²) in [6.45, 7) is 3.03. The Labute approximate surface area is 82.5 Å². The molecule has 0 radical (unpaired) electrons. The fourth-order valence-electron chi connectivity index (χ4n) is 1.81. The van der Waals surface area contributed by atoms with E-state index >= 15 is 0 Å². The van der Waals surface area contributed by atoms with Crippen molar-refractivity contribution >= 4 is 11.6 Å². The molecule has 0 amide bonds. The number of benzene rings is 1. The van der Waals surface area contributed by atoms with E-state index in [1.54, 1.807) is 6.07 Å². The van der Waals surface area contributed by atoms with Gasteiger partial charge in [0.2, 0.25) is 0 Å². The first kappa shape index (κ1) is 8.85. The van der Waals surface area contributed by atoms with Gasteiger partial charge in [-0.2, -0.15) is 0 Å². The van der Waals surface area contributed by atoms with Gasteiger partial charge in [-0.1, -0.05) is 17.7 Å². The number of halogens is 1. The lowest BCUT2D eigenvalue weighted by Gasteiger charge is -2.24. The molecule has 0 bridgehead atoms. The summed E-state index contributed by atoms with van der Waals surface area (Å²) in [5.74, 6) is 0.189. The zero-order valence-corrected chi connectivity index (χ0v) is 8.23. The van der Waals surface area contributed by atoms with Gasteiger partial charge >= 0.3 is 0 Å². The molecule has 1 aliphatic rings. The van der Waals surface area contributed by atoms with Crippen LogP contribution < -0.4 is 5.32 Å². The van der Waals surface area contributed by atoms with E-state index in [1.807, 2.05) is 6.07 Å². The Balaban J connectivity index is 2.56. The Morgan fingerprint density at radius 3 is 3.08 bits per heavy atom. The quantitative estimate of drug-likeness (QED) is 0.669. The molecule has 2 nitrogen and oxygen atoms in total. The van der Waals surface area contributed by atoms with Crippen molar-refractivity contribution < 1.29 is 5.11 Å². The topological polar surface area (TPSA) is 32.3 Å². The second kappa shape index (κ2) is 3.20. The minimum Gasteiger partial charge on any atom is -0.506 e. The molecule has 0 spiro atoms. The van der Waals surface area contributed by atoms with E-state index in [-0.39, 0.29) is 5.75 Å². The van der Waals surface area contributed by atoms with E-state index in [1.165, 1.54) is 5.56 Å². The lowest BCUT2D eigenvalue weighted by Crippen LogP contribution is -2.27. The zero-order valence-electron chi connectivity index (χ0n) is 7.47. The van der Waals surface area contributed by atoms with Crippen LogP contribution in [0.25, 0.3) is 0 Å². The van der Waals surface area contributed by atoms with Crippen LogP contribution in [0, 0.1) is 0 Å². The number of nitrogens with one attached hydrogen (secondary N) is 1. The molecule has 0 aromatic heterocycles. The fraction of sp³-hybridized carbons (Fsp3) is 0.400. The van der Waals surface area contributed by atoms with E-state index < -0.39 is 0 Å². The molecule has 2 rings (SSSR count). The third kappa shape index (κ3) is 1.40. The number of aromatic hydroxyl groups is 1. The Kier molecular flexibility index (Phi) is 2.18. The summed E-state index contributed by atoms with van der Waals surface area (Å²) in [7, 11) is 0. The first-order chi connectivity index (χ1) is 6.20. The molecular weight excluding hydrogens is 186 g/mol. The predicted molar refractivity (Wildman–Crippen MR) is 53.2 cm³/mol. The first-order valence-corrected chi connectivity index (χ1v) is 4.81. The average molecular weight is 198 g/mol. The van der Waals surface area contributed by atoms with Crippen LogP contribution in [-0.4, -0.2) is 11.7 Å². The molecular formula is C10H12ClNO. The highest BCUT2D eigenvalue weighted by molar-refractivity contribution is 6.32. The van der Waals surface area contributed by atoms with Gasteiger partial charge in [-0.05, 0) is 37.1 Å². The molecule has 2 N–H and O–H groups in total. The number of hydrogen-bond acceptors (Lipinski definition) is 2. The average Bonchev–Trinajstić information content (AvgIpc) is 2.12. The highest BCUT2D eigenvalue weighted by Crippen LogP contribution is 2.34. The van der Waals surface area contributed by atoms with Crippen molar-refractivity contribution in [1.82, 2.24) is 5.32 Å². The lowest BCUT2D eigenvalue weighted by molar-refractivity contribution is 0.470. The maximum Gasteiger partial charge on any atom is 0.134 e. The number of fused-ring (bicyclic) bond motifs is 1. The predicted octanol–water partition coefficient (Wildman–Crippen LogP) is 2.25. The fourth-order valence-corrected chi connectivity index (χ4v) is 2.07. The Hall–Kier alpha value is -0.730. The van der Waals surface area contributed by atoms with Gasteiger partial charge in [0, 0.05) is 6.04 Å². The molecule has 1 atom stereocenters. The summed E-state index contributed by atoms with van der Waals surface area (Å²) >= 11 is 6.00. The normalized spacial score (nSPS) is 21.2. The van der Waals surface area contributed by atoms with Crippen LogP contribution in [0.2, 0.25) is 5.02 Å². The lowest BCUT2D eigenvalue weighted by atomic mass is 9.95. The van der Waals surface area contributed by atoms with Crippen LogP contribution in [0.1, 0.15) is 24.1 Å². The molecule has 0 saturated carbocycles. The van der Waals surface area contributed by atoms with Gasteiger partial charge in [-0.25, -0.2) is 0 Å². The zero-order chi connectivity index (χ0) is 9.42. The second-order valence-corrected chi connectivity index (χ2v) is 3.77. The maximum atomic E-state index is 9.41. The van der Waals surface area contributed by atoms with Gasteiger partial charge in [0.1, 0.15) is 5.75 Å². The number of rotatable bonds is 0. The van der Waals surface area contributed by atoms with Crippen LogP contribution in [0.3, 0.4) is 0 Å². The standard InChI is InChI=1S/C10H12ClNO/c1-6-7-2-3-9(13)10(11)8(7)4-5-12-6/h2-3,6,12-13H,4-5H2,1H3. The highest BCUT2D eigenvalue weighted by atomic mass is 35.5. The largest absolute Gasteiger partial charge is 0.506 e. The molecule has 3 heteroatoms. The van der Waals surface area contributed by atoms with Crippen molar-refractivity contribution in [3.63, 3.8) is 0 Å². The van der Waals surface area contributed by atoms with Crippen LogP contribution >= 0.6 is 11.6 Å². The minimum absolute atomic E-state index is 0.189. The summed E-state index contributed by atoms with van der Waals surface area (Å²) in [5.41, 5.74) is 2.29. The number of phenols is 1. The smallest absolute Gasteiger partial charge is 0.134 e. The van der Waals surface area contributed by atoms with Gasteiger partial charge in [-0.15, -0.1) is 0 Å². The third-order valence-corrected chi connectivity index (χ3v) is 2.97. The van der Waals surface area contributed by atoms with E-state index in [4.69, 9.17) is 11.6 Å². The molecule has 1 aromatic rings. The monoisotopic (exact) mass is 197 g/mol. The van der Waals surface area contributed by atoms with Gasteiger partial charge in [0.05, 0.1) is 5.02 Å². The molecule has 1 heterocycles. The molecule has 1 unspecified atom stereocenters. The summed E-state index contributed by atoms with van der Waals surface area (Å²) in [5, 5.41) is 13.3. The van der Waals surface area contributed by atoms with Gasteiger partial charge < -0.3 is 10.4 Å². The third-order valence-electron chi connectivity index (χ3n) is 2.55. The summed E-state index contributed by atoms with van der Waals surface area (Å²) in [6, 6.07) is 3.93. The Bertz CT molecular complexity index is 338. The SMILES string of the molecule is CC1NCCc2c1ccc(O)c2Cl. The molecule has 0 aliphatic carbocycles. The minimum atomic E-state index is 0.189. The number of phenolic OH excluding ortho intramolecular Hbond substituents is 1. The van der Waals surface area contributed by atoms with E-state index in [9.17, 15) is 5.11 Å². The van der Waals surface area contributed by atoms with Crippen molar-refractivity contribution in [3.05, 3.63) is 28.3 Å². The molecule has 0 fully saturated rings. The van der Waals surface area contributed by atoms with Crippen LogP contribution in [0.4, 0.5) is 0 Å².